The minimum absolute atomic E-state index is 0.405. The summed E-state index contributed by atoms with van der Waals surface area (Å²) in [6, 6.07) is 8.91. The number of hydrogen-bond donors (Lipinski definition) is 1. The van der Waals surface area contributed by atoms with Gasteiger partial charge in [0, 0.05) is 23.6 Å². The van der Waals surface area contributed by atoms with Crippen molar-refractivity contribution in [2.24, 2.45) is 0 Å². The average Bonchev–Trinajstić information content (AvgIpc) is 2.44. The summed E-state index contributed by atoms with van der Waals surface area (Å²) < 4.78 is 6.50. The number of benzene rings is 1. The average molecular weight is 327 g/mol. The third-order valence-corrected chi connectivity index (χ3v) is 4.05. The number of morpholine rings is 1. The molecule has 3 nitrogen and oxygen atoms in total. The van der Waals surface area contributed by atoms with E-state index in [-0.39, 0.29) is 0 Å². The van der Waals surface area contributed by atoms with Crippen molar-refractivity contribution in [1.29, 1.82) is 0 Å². The Morgan fingerprint density at radius 1 is 1.37 bits per heavy atom. The van der Waals surface area contributed by atoms with Crippen molar-refractivity contribution in [1.82, 2.24) is 10.2 Å². The maximum Gasteiger partial charge on any atom is 0.0594 e. The van der Waals surface area contributed by atoms with Crippen LogP contribution in [-0.2, 0) is 4.74 Å². The summed E-state index contributed by atoms with van der Waals surface area (Å²) in [4.78, 5) is 2.48. The van der Waals surface area contributed by atoms with Crippen LogP contribution in [0.2, 0.25) is 0 Å². The molecule has 1 unspecified atom stereocenters. The Morgan fingerprint density at radius 3 is 2.89 bits per heavy atom. The largest absolute Gasteiger partial charge is 0.379 e. The van der Waals surface area contributed by atoms with E-state index in [2.05, 4.69) is 57.3 Å². The summed E-state index contributed by atoms with van der Waals surface area (Å²) in [6.45, 7) is 8.40. The molecule has 1 N–H and O–H groups in total. The van der Waals surface area contributed by atoms with Crippen molar-refractivity contribution in [2.75, 3.05) is 39.4 Å². The molecule has 2 rings (SSSR count). The predicted molar refractivity (Wildman–Crippen MR) is 82.4 cm³/mol. The number of nitrogens with zero attached hydrogens (tertiary/aromatic N) is 1. The van der Waals surface area contributed by atoms with Gasteiger partial charge in [-0.15, -0.1) is 0 Å². The van der Waals surface area contributed by atoms with Crippen molar-refractivity contribution in [3.05, 3.63) is 34.3 Å². The first-order valence-corrected chi connectivity index (χ1v) is 7.84. The predicted octanol–water partition coefficient (Wildman–Crippen LogP) is 2.82. The van der Waals surface area contributed by atoms with Gasteiger partial charge >= 0.3 is 0 Å². The van der Waals surface area contributed by atoms with Crippen molar-refractivity contribution >= 4 is 15.9 Å². The van der Waals surface area contributed by atoms with Crippen LogP contribution in [0.25, 0.3) is 0 Å². The van der Waals surface area contributed by atoms with Gasteiger partial charge in [-0.25, -0.2) is 0 Å². The van der Waals surface area contributed by atoms with Gasteiger partial charge in [0.15, 0.2) is 0 Å². The molecule has 1 saturated heterocycles. The fraction of sp³-hybridized carbons (Fsp3) is 0.600. The first-order valence-electron chi connectivity index (χ1n) is 7.04. The molecule has 106 valence electrons. The van der Waals surface area contributed by atoms with Gasteiger partial charge in [0.25, 0.3) is 0 Å². The molecule has 0 bridgehead atoms. The van der Waals surface area contributed by atoms with Crippen LogP contribution in [0.3, 0.4) is 0 Å². The van der Waals surface area contributed by atoms with Crippen LogP contribution in [0.4, 0.5) is 0 Å². The van der Waals surface area contributed by atoms with Gasteiger partial charge in [-0.2, -0.15) is 0 Å². The Hall–Kier alpha value is -0.420. The molecule has 0 saturated carbocycles. The maximum absolute atomic E-state index is 5.35. The second kappa shape index (κ2) is 8.00. The molecule has 1 fully saturated rings. The lowest BCUT2D eigenvalue weighted by Gasteiger charge is -2.26. The SMILES string of the molecule is CC(NCCCN1CCOCC1)c1cccc(Br)c1. The van der Waals surface area contributed by atoms with E-state index in [0.29, 0.717) is 6.04 Å². The van der Waals surface area contributed by atoms with E-state index in [1.54, 1.807) is 0 Å². The van der Waals surface area contributed by atoms with Gasteiger partial charge in [-0.3, -0.25) is 4.90 Å². The third kappa shape index (κ3) is 5.22. The highest BCUT2D eigenvalue weighted by Crippen LogP contribution is 2.17. The zero-order chi connectivity index (χ0) is 13.5. The van der Waals surface area contributed by atoms with E-state index in [1.165, 1.54) is 18.5 Å². The highest BCUT2D eigenvalue weighted by atomic mass is 79.9. The van der Waals surface area contributed by atoms with Gasteiger partial charge in [-0.1, -0.05) is 28.1 Å². The Kier molecular flexibility index (Phi) is 6.31. The Morgan fingerprint density at radius 2 is 2.16 bits per heavy atom. The minimum atomic E-state index is 0.405. The quantitative estimate of drug-likeness (QED) is 0.813. The van der Waals surface area contributed by atoms with Gasteiger partial charge in [0.1, 0.15) is 0 Å². The maximum atomic E-state index is 5.35. The normalized spacial score (nSPS) is 18.4. The molecule has 1 atom stereocenters. The lowest BCUT2D eigenvalue weighted by Crippen LogP contribution is -2.37. The van der Waals surface area contributed by atoms with E-state index in [9.17, 15) is 0 Å². The van der Waals surface area contributed by atoms with Crippen LogP contribution in [0.15, 0.2) is 28.7 Å². The molecule has 19 heavy (non-hydrogen) atoms. The Labute approximate surface area is 124 Å². The summed E-state index contributed by atoms with van der Waals surface area (Å²) in [6.07, 6.45) is 1.19. The van der Waals surface area contributed by atoms with Gasteiger partial charge in [-0.05, 0) is 44.1 Å². The number of ether oxygens (including phenoxy) is 1. The fourth-order valence-electron chi connectivity index (χ4n) is 2.34. The van der Waals surface area contributed by atoms with Crippen LogP contribution in [0, 0.1) is 0 Å². The summed E-state index contributed by atoms with van der Waals surface area (Å²) in [7, 11) is 0. The second-order valence-electron chi connectivity index (χ2n) is 5.04. The standard InChI is InChI=1S/C15H23BrN2O/c1-13(14-4-2-5-15(16)12-14)17-6-3-7-18-8-10-19-11-9-18/h2,4-5,12-13,17H,3,6-11H2,1H3. The fourth-order valence-corrected chi connectivity index (χ4v) is 2.76. The molecule has 1 aliphatic rings. The Balaban J connectivity index is 1.64. The minimum Gasteiger partial charge on any atom is -0.379 e. The zero-order valence-corrected chi connectivity index (χ0v) is 13.2. The molecular formula is C15H23BrN2O. The van der Waals surface area contributed by atoms with Crippen molar-refractivity contribution < 1.29 is 4.74 Å². The summed E-state index contributed by atoms with van der Waals surface area (Å²) >= 11 is 3.52. The van der Waals surface area contributed by atoms with E-state index >= 15 is 0 Å². The molecule has 0 spiro atoms. The molecule has 1 heterocycles. The molecule has 4 heteroatoms. The monoisotopic (exact) mass is 326 g/mol. The first-order chi connectivity index (χ1) is 9.25. The summed E-state index contributed by atoms with van der Waals surface area (Å²) in [5.41, 5.74) is 1.33. The number of hydrogen-bond acceptors (Lipinski definition) is 3. The van der Waals surface area contributed by atoms with E-state index < -0.39 is 0 Å². The first kappa shape index (κ1) is 15.0. The lowest BCUT2D eigenvalue weighted by atomic mass is 10.1. The Bertz CT molecular complexity index is 380. The molecule has 1 aromatic carbocycles. The number of nitrogens with one attached hydrogen (secondary N) is 1. The smallest absolute Gasteiger partial charge is 0.0594 e. The van der Waals surface area contributed by atoms with Crippen LogP contribution in [0.5, 0.6) is 0 Å². The lowest BCUT2D eigenvalue weighted by molar-refractivity contribution is 0.0374. The van der Waals surface area contributed by atoms with Gasteiger partial charge in [0.05, 0.1) is 13.2 Å². The highest BCUT2D eigenvalue weighted by Gasteiger charge is 2.10. The van der Waals surface area contributed by atoms with E-state index in [1.807, 2.05) is 0 Å². The van der Waals surface area contributed by atoms with Gasteiger partial charge < -0.3 is 10.1 Å². The van der Waals surface area contributed by atoms with Crippen LogP contribution in [-0.4, -0.2) is 44.3 Å². The van der Waals surface area contributed by atoms with Crippen molar-refractivity contribution in [3.8, 4) is 0 Å². The molecule has 1 aromatic rings. The molecule has 0 aromatic heterocycles. The highest BCUT2D eigenvalue weighted by molar-refractivity contribution is 9.10. The van der Waals surface area contributed by atoms with E-state index in [4.69, 9.17) is 4.74 Å². The van der Waals surface area contributed by atoms with Crippen molar-refractivity contribution in [2.45, 2.75) is 19.4 Å². The summed E-state index contributed by atoms with van der Waals surface area (Å²) in [5.74, 6) is 0. The van der Waals surface area contributed by atoms with E-state index in [0.717, 1.165) is 37.3 Å². The second-order valence-corrected chi connectivity index (χ2v) is 5.95. The number of halogens is 1. The van der Waals surface area contributed by atoms with Crippen LogP contribution < -0.4 is 5.32 Å². The summed E-state index contributed by atoms with van der Waals surface area (Å²) in [5, 5.41) is 3.59. The van der Waals surface area contributed by atoms with Crippen LogP contribution >= 0.6 is 15.9 Å². The molecule has 0 amide bonds. The third-order valence-electron chi connectivity index (χ3n) is 3.55. The topological polar surface area (TPSA) is 24.5 Å². The molecule has 1 aliphatic heterocycles. The number of rotatable bonds is 6. The van der Waals surface area contributed by atoms with Crippen molar-refractivity contribution in [3.63, 3.8) is 0 Å². The molecule has 0 aliphatic carbocycles. The van der Waals surface area contributed by atoms with Gasteiger partial charge in [0.2, 0.25) is 0 Å². The van der Waals surface area contributed by atoms with Crippen LogP contribution in [0.1, 0.15) is 24.9 Å². The molecular weight excluding hydrogens is 304 g/mol. The molecule has 0 radical (unpaired) electrons. The zero-order valence-electron chi connectivity index (χ0n) is 11.6.